The molecule has 0 aromatic heterocycles. The number of ether oxygens (including phenoxy) is 1. The molecular weight excluding hydrogens is 376 g/mol. The third-order valence-corrected chi connectivity index (χ3v) is 6.80. The molecule has 1 fully saturated rings. The Morgan fingerprint density at radius 2 is 1.88 bits per heavy atom. The van der Waals surface area contributed by atoms with E-state index in [1.54, 1.807) is 19.1 Å². The number of carbonyl (C=O) groups is 1. The maximum Gasteiger partial charge on any atom is 0.224 e. The molecule has 3 N–H and O–H groups in total. The first-order valence-electron chi connectivity index (χ1n) is 8.74. The fourth-order valence-electron chi connectivity index (χ4n) is 3.29. The second kappa shape index (κ2) is 10.1. The molecule has 148 valence electrons. The van der Waals surface area contributed by atoms with E-state index < -0.39 is 15.8 Å². The van der Waals surface area contributed by atoms with Gasteiger partial charge in [0.1, 0.15) is 5.75 Å². The summed E-state index contributed by atoms with van der Waals surface area (Å²) in [4.78, 5) is 12.6. The molecule has 0 radical (unpaired) electrons. The van der Waals surface area contributed by atoms with Crippen LogP contribution >= 0.6 is 12.4 Å². The molecule has 1 amide bonds. The number of carbonyl (C=O) groups excluding carboxylic acids is 1. The number of amides is 1. The molecular formula is C18H29ClN2O4S. The second-order valence-corrected chi connectivity index (χ2v) is 8.79. The largest absolute Gasteiger partial charge is 0.497 e. The van der Waals surface area contributed by atoms with Crippen molar-refractivity contribution < 1.29 is 17.9 Å². The number of sulfone groups is 1. The van der Waals surface area contributed by atoms with Gasteiger partial charge in [0.2, 0.25) is 5.91 Å². The van der Waals surface area contributed by atoms with E-state index in [1.807, 2.05) is 0 Å². The van der Waals surface area contributed by atoms with Gasteiger partial charge in [-0.25, -0.2) is 8.42 Å². The van der Waals surface area contributed by atoms with Crippen molar-refractivity contribution in [2.75, 3.05) is 19.4 Å². The first-order valence-corrected chi connectivity index (χ1v) is 10.4. The summed E-state index contributed by atoms with van der Waals surface area (Å²) >= 11 is 0. The Bertz CT molecular complexity index is 679. The van der Waals surface area contributed by atoms with E-state index in [2.05, 4.69) is 5.32 Å². The van der Waals surface area contributed by atoms with Crippen molar-refractivity contribution in [2.24, 2.45) is 17.6 Å². The molecule has 3 unspecified atom stereocenters. The third kappa shape index (κ3) is 5.86. The molecule has 1 aliphatic rings. The Morgan fingerprint density at radius 3 is 2.46 bits per heavy atom. The lowest BCUT2D eigenvalue weighted by Gasteiger charge is -2.32. The number of rotatable bonds is 7. The zero-order chi connectivity index (χ0) is 18.4. The minimum absolute atomic E-state index is 0. The van der Waals surface area contributed by atoms with Crippen molar-refractivity contribution in [3.05, 3.63) is 24.3 Å². The van der Waals surface area contributed by atoms with Crippen molar-refractivity contribution >= 4 is 28.2 Å². The minimum Gasteiger partial charge on any atom is -0.497 e. The molecule has 6 nitrogen and oxygen atoms in total. The molecule has 1 aromatic carbocycles. The summed E-state index contributed by atoms with van der Waals surface area (Å²) < 4.78 is 30.1. The minimum atomic E-state index is -3.53. The average molecular weight is 405 g/mol. The van der Waals surface area contributed by atoms with Gasteiger partial charge in [0.15, 0.2) is 9.84 Å². The molecule has 0 aliphatic heterocycles. The van der Waals surface area contributed by atoms with Gasteiger partial charge in [-0.1, -0.05) is 19.8 Å². The van der Waals surface area contributed by atoms with Crippen LogP contribution < -0.4 is 15.8 Å². The van der Waals surface area contributed by atoms with E-state index in [9.17, 15) is 13.2 Å². The Labute approximate surface area is 162 Å². The van der Waals surface area contributed by atoms with E-state index in [4.69, 9.17) is 10.5 Å². The maximum atomic E-state index is 12.5. The maximum absolute atomic E-state index is 12.5. The fourth-order valence-corrected chi connectivity index (χ4v) is 4.84. The van der Waals surface area contributed by atoms with Crippen LogP contribution in [-0.4, -0.2) is 39.8 Å². The Hall–Kier alpha value is -1.31. The van der Waals surface area contributed by atoms with Gasteiger partial charge in [0.05, 0.1) is 17.8 Å². The summed E-state index contributed by atoms with van der Waals surface area (Å²) in [5, 5.41) is 3.01. The Kier molecular flexibility index (Phi) is 8.86. The monoisotopic (exact) mass is 404 g/mol. The molecule has 1 saturated carbocycles. The first-order chi connectivity index (χ1) is 11.9. The van der Waals surface area contributed by atoms with Gasteiger partial charge in [-0.3, -0.25) is 4.79 Å². The van der Waals surface area contributed by atoms with Crippen LogP contribution in [0, 0.1) is 11.8 Å². The number of benzene rings is 1. The van der Waals surface area contributed by atoms with E-state index >= 15 is 0 Å². The van der Waals surface area contributed by atoms with E-state index in [0.717, 1.165) is 25.7 Å². The van der Waals surface area contributed by atoms with Crippen LogP contribution in [0.25, 0.3) is 0 Å². The highest BCUT2D eigenvalue weighted by atomic mass is 35.5. The summed E-state index contributed by atoms with van der Waals surface area (Å²) in [5.41, 5.74) is 5.79. The third-order valence-electron chi connectivity index (χ3n) is 4.88. The first kappa shape index (κ1) is 22.7. The zero-order valence-corrected chi connectivity index (χ0v) is 16.9. The van der Waals surface area contributed by atoms with Crippen molar-refractivity contribution in [1.29, 1.82) is 0 Å². The lowest BCUT2D eigenvalue weighted by molar-refractivity contribution is -0.125. The van der Waals surface area contributed by atoms with Gasteiger partial charge < -0.3 is 15.8 Å². The van der Waals surface area contributed by atoms with Gasteiger partial charge in [0.25, 0.3) is 0 Å². The van der Waals surface area contributed by atoms with E-state index in [0.29, 0.717) is 12.3 Å². The molecule has 3 atom stereocenters. The van der Waals surface area contributed by atoms with Crippen LogP contribution in [0.15, 0.2) is 29.2 Å². The summed E-state index contributed by atoms with van der Waals surface area (Å²) in [6.07, 6.45) is 4.13. The molecule has 0 saturated heterocycles. The molecule has 0 bridgehead atoms. The molecule has 8 heteroatoms. The highest BCUT2D eigenvalue weighted by Gasteiger charge is 2.29. The standard InChI is InChI=1S/C18H28N2O4S.ClH/c1-13(18(21)20-17-6-4-3-5-14(17)11-19)12-25(22,23)16-9-7-15(24-2)8-10-16;/h7-10,13-14,17H,3-6,11-12,19H2,1-2H3,(H,20,21);1H. The number of nitrogens with one attached hydrogen (secondary N) is 1. The molecule has 0 spiro atoms. The Morgan fingerprint density at radius 1 is 1.27 bits per heavy atom. The summed E-state index contributed by atoms with van der Waals surface area (Å²) in [7, 11) is -2.01. The number of hydrogen-bond acceptors (Lipinski definition) is 5. The van der Waals surface area contributed by atoms with Crippen molar-refractivity contribution in [2.45, 2.75) is 43.5 Å². The smallest absolute Gasteiger partial charge is 0.224 e. The van der Waals surface area contributed by atoms with Crippen LogP contribution in [-0.2, 0) is 14.6 Å². The van der Waals surface area contributed by atoms with E-state index in [-0.39, 0.29) is 40.9 Å². The SMILES string of the molecule is COc1ccc(S(=O)(=O)CC(C)C(=O)NC2CCCCC2CN)cc1.Cl. The second-order valence-electron chi connectivity index (χ2n) is 6.75. The molecule has 1 aliphatic carbocycles. The van der Waals surface area contributed by atoms with Gasteiger partial charge >= 0.3 is 0 Å². The van der Waals surface area contributed by atoms with Gasteiger partial charge in [0, 0.05) is 12.0 Å². The summed E-state index contributed by atoms with van der Waals surface area (Å²) in [6, 6.07) is 6.27. The topological polar surface area (TPSA) is 98.5 Å². The van der Waals surface area contributed by atoms with Crippen molar-refractivity contribution in [1.82, 2.24) is 5.32 Å². The van der Waals surface area contributed by atoms with E-state index in [1.165, 1.54) is 19.2 Å². The predicted octanol–water partition coefficient (Wildman–Crippen LogP) is 2.16. The fraction of sp³-hybridized carbons (Fsp3) is 0.611. The number of hydrogen-bond donors (Lipinski definition) is 2. The number of halogens is 1. The predicted molar refractivity (Wildman–Crippen MR) is 104 cm³/mol. The van der Waals surface area contributed by atoms with Crippen LogP contribution in [0.3, 0.4) is 0 Å². The quantitative estimate of drug-likeness (QED) is 0.725. The van der Waals surface area contributed by atoms with Crippen LogP contribution in [0.5, 0.6) is 5.75 Å². The lowest BCUT2D eigenvalue weighted by atomic mass is 9.84. The molecule has 26 heavy (non-hydrogen) atoms. The number of methoxy groups -OCH3 is 1. The molecule has 2 rings (SSSR count). The summed E-state index contributed by atoms with van der Waals surface area (Å²) in [5.74, 6) is -0.182. The van der Waals surface area contributed by atoms with Gasteiger partial charge in [-0.15, -0.1) is 12.4 Å². The summed E-state index contributed by atoms with van der Waals surface area (Å²) in [6.45, 7) is 2.19. The Balaban J connectivity index is 0.00000338. The molecule has 1 aromatic rings. The van der Waals surface area contributed by atoms with Gasteiger partial charge in [-0.2, -0.15) is 0 Å². The normalized spacial score (nSPS) is 21.3. The lowest BCUT2D eigenvalue weighted by Crippen LogP contribution is -2.47. The highest BCUT2D eigenvalue weighted by Crippen LogP contribution is 2.24. The van der Waals surface area contributed by atoms with Crippen LogP contribution in [0.2, 0.25) is 0 Å². The number of nitrogens with two attached hydrogens (primary N) is 1. The van der Waals surface area contributed by atoms with Crippen molar-refractivity contribution in [3.63, 3.8) is 0 Å². The van der Waals surface area contributed by atoms with Gasteiger partial charge in [-0.05, 0) is 49.6 Å². The zero-order valence-electron chi connectivity index (χ0n) is 15.3. The van der Waals surface area contributed by atoms with Crippen LogP contribution in [0.1, 0.15) is 32.6 Å². The van der Waals surface area contributed by atoms with Crippen molar-refractivity contribution in [3.8, 4) is 5.75 Å². The van der Waals surface area contributed by atoms with Crippen LogP contribution in [0.4, 0.5) is 0 Å². The highest BCUT2D eigenvalue weighted by molar-refractivity contribution is 7.91. The average Bonchev–Trinajstić information content (AvgIpc) is 2.61. The molecule has 0 heterocycles.